The Morgan fingerprint density at radius 3 is 2.55 bits per heavy atom. The molecule has 7 nitrogen and oxygen atoms in total. The number of amides is 1. The van der Waals surface area contributed by atoms with Crippen molar-refractivity contribution in [3.8, 4) is 10.8 Å². The molecule has 29 heavy (non-hydrogen) atoms. The fourth-order valence-electron chi connectivity index (χ4n) is 3.62. The molecule has 0 aliphatic carbocycles. The van der Waals surface area contributed by atoms with Gasteiger partial charge in [0.05, 0.1) is 17.5 Å². The van der Waals surface area contributed by atoms with Crippen molar-refractivity contribution in [2.75, 3.05) is 13.1 Å². The molecule has 1 atom stereocenters. The molecule has 0 aromatic carbocycles. The van der Waals surface area contributed by atoms with Gasteiger partial charge in [-0.05, 0) is 43.4 Å². The van der Waals surface area contributed by atoms with E-state index in [0.717, 1.165) is 18.5 Å². The smallest absolute Gasteiger partial charge is 0.265 e. The zero-order chi connectivity index (χ0) is 20.2. The summed E-state index contributed by atoms with van der Waals surface area (Å²) in [5.41, 5.74) is 1.48. The summed E-state index contributed by atoms with van der Waals surface area (Å²) in [5, 5.41) is 11.3. The van der Waals surface area contributed by atoms with Crippen molar-refractivity contribution in [1.29, 1.82) is 0 Å². The highest BCUT2D eigenvalue weighted by atomic mass is 32.1. The fourth-order valence-corrected chi connectivity index (χ4v) is 4.69. The van der Waals surface area contributed by atoms with Gasteiger partial charge in [-0.2, -0.15) is 0 Å². The van der Waals surface area contributed by atoms with Gasteiger partial charge in [0.15, 0.2) is 10.8 Å². The van der Waals surface area contributed by atoms with Crippen LogP contribution in [0.4, 0.5) is 0 Å². The molecule has 1 amide bonds. The van der Waals surface area contributed by atoms with Gasteiger partial charge in [0.1, 0.15) is 4.88 Å². The molecular weight excluding hydrogens is 386 g/mol. The molecule has 8 heteroatoms. The van der Waals surface area contributed by atoms with Gasteiger partial charge < -0.3 is 10.0 Å². The quantitative estimate of drug-likeness (QED) is 0.696. The second kappa shape index (κ2) is 8.75. The minimum atomic E-state index is -0.593. The Morgan fingerprint density at radius 1 is 1.17 bits per heavy atom. The zero-order valence-corrected chi connectivity index (χ0v) is 17.0. The summed E-state index contributed by atoms with van der Waals surface area (Å²) in [7, 11) is 0. The topological polar surface area (TPSA) is 92.1 Å². The first kappa shape index (κ1) is 19.6. The maximum absolute atomic E-state index is 13.2. The average molecular weight is 410 g/mol. The zero-order valence-electron chi connectivity index (χ0n) is 16.2. The summed E-state index contributed by atoms with van der Waals surface area (Å²) in [6.07, 6.45) is 6.63. The van der Waals surface area contributed by atoms with E-state index in [1.165, 1.54) is 11.3 Å². The van der Waals surface area contributed by atoms with Crippen molar-refractivity contribution >= 4 is 17.2 Å². The molecule has 3 aromatic rings. The maximum atomic E-state index is 13.2. The highest BCUT2D eigenvalue weighted by Crippen LogP contribution is 2.32. The van der Waals surface area contributed by atoms with E-state index in [1.54, 1.807) is 24.7 Å². The van der Waals surface area contributed by atoms with E-state index in [2.05, 4.69) is 19.9 Å². The molecule has 1 fully saturated rings. The maximum Gasteiger partial charge on any atom is 0.265 e. The third kappa shape index (κ3) is 4.18. The van der Waals surface area contributed by atoms with Crippen molar-refractivity contribution in [1.82, 2.24) is 24.8 Å². The number of hydrogen-bond acceptors (Lipinski definition) is 7. The Bertz CT molecular complexity index is 956. The summed E-state index contributed by atoms with van der Waals surface area (Å²) >= 11 is 1.36. The number of carbonyl (C=O) groups is 1. The monoisotopic (exact) mass is 409 g/mol. The van der Waals surface area contributed by atoms with Crippen LogP contribution in [0.2, 0.25) is 0 Å². The van der Waals surface area contributed by atoms with Crippen molar-refractivity contribution in [2.45, 2.75) is 32.3 Å². The highest BCUT2D eigenvalue weighted by molar-refractivity contribution is 7.17. The number of hydrogen-bond donors (Lipinski definition) is 1. The number of likely N-dealkylation sites (tertiary alicyclic amines) is 1. The molecule has 150 valence electrons. The molecule has 1 saturated heterocycles. The first-order valence-corrected chi connectivity index (χ1v) is 10.6. The van der Waals surface area contributed by atoms with Crippen LogP contribution in [0.15, 0.2) is 42.9 Å². The number of carbonyl (C=O) groups excluding carboxylic acids is 1. The number of nitrogens with zero attached hydrogens (tertiary/aromatic N) is 5. The van der Waals surface area contributed by atoms with Crippen LogP contribution in [-0.4, -0.2) is 48.9 Å². The lowest BCUT2D eigenvalue weighted by atomic mass is 9.89. The van der Waals surface area contributed by atoms with Gasteiger partial charge in [-0.3, -0.25) is 9.78 Å². The molecule has 4 heterocycles. The second-order valence-corrected chi connectivity index (χ2v) is 8.05. The molecular formula is C21H23N5O2S. The van der Waals surface area contributed by atoms with Gasteiger partial charge in [-0.1, -0.05) is 13.0 Å². The van der Waals surface area contributed by atoms with Gasteiger partial charge in [0, 0.05) is 31.7 Å². The fraction of sp³-hybridized carbons (Fsp3) is 0.381. The minimum Gasteiger partial charge on any atom is -0.387 e. The first-order chi connectivity index (χ1) is 14.2. The van der Waals surface area contributed by atoms with E-state index >= 15 is 0 Å². The Morgan fingerprint density at radius 2 is 1.90 bits per heavy atom. The van der Waals surface area contributed by atoms with E-state index in [-0.39, 0.29) is 11.8 Å². The van der Waals surface area contributed by atoms with Crippen LogP contribution >= 0.6 is 11.3 Å². The van der Waals surface area contributed by atoms with Crippen molar-refractivity contribution in [3.63, 3.8) is 0 Å². The summed E-state index contributed by atoms with van der Waals surface area (Å²) in [6.45, 7) is 3.23. The molecule has 1 aliphatic heterocycles. The summed E-state index contributed by atoms with van der Waals surface area (Å²) < 4.78 is 0. The van der Waals surface area contributed by atoms with Gasteiger partial charge in [-0.25, -0.2) is 15.0 Å². The Hall–Kier alpha value is -2.71. The van der Waals surface area contributed by atoms with Crippen LogP contribution in [0.1, 0.15) is 46.9 Å². The Balaban J connectivity index is 1.45. The van der Waals surface area contributed by atoms with Crippen LogP contribution < -0.4 is 0 Å². The molecule has 0 spiro atoms. The number of aromatic nitrogens is 4. The van der Waals surface area contributed by atoms with E-state index in [4.69, 9.17) is 0 Å². The number of rotatable bonds is 5. The van der Waals surface area contributed by atoms with E-state index in [9.17, 15) is 9.90 Å². The van der Waals surface area contributed by atoms with E-state index < -0.39 is 6.10 Å². The van der Waals surface area contributed by atoms with Gasteiger partial charge >= 0.3 is 0 Å². The number of aliphatic hydroxyl groups excluding tert-OH is 1. The lowest BCUT2D eigenvalue weighted by Crippen LogP contribution is -2.39. The minimum absolute atomic E-state index is 0.00677. The number of piperidine rings is 1. The van der Waals surface area contributed by atoms with Gasteiger partial charge in [0.25, 0.3) is 5.91 Å². The summed E-state index contributed by atoms with van der Waals surface area (Å²) in [6, 6.07) is 7.33. The third-order valence-electron chi connectivity index (χ3n) is 5.25. The van der Waals surface area contributed by atoms with Crippen molar-refractivity contribution in [2.24, 2.45) is 5.92 Å². The third-order valence-corrected chi connectivity index (χ3v) is 6.33. The predicted molar refractivity (Wildman–Crippen MR) is 110 cm³/mol. The molecule has 0 radical (unpaired) electrons. The SMILES string of the molecule is CCc1nc(-c2ncccn2)sc1C(=O)N1CCC(C(O)c2ccccn2)CC1. The molecule has 0 bridgehead atoms. The Kier molecular flexibility index (Phi) is 5.92. The molecule has 1 N–H and O–H groups in total. The van der Waals surface area contributed by atoms with Crippen LogP contribution in [-0.2, 0) is 6.42 Å². The molecule has 4 rings (SSSR count). The highest BCUT2D eigenvalue weighted by Gasteiger charge is 2.31. The normalized spacial score (nSPS) is 16.0. The second-order valence-electron chi connectivity index (χ2n) is 7.05. The number of thiazole rings is 1. The number of pyridine rings is 1. The molecule has 1 aliphatic rings. The van der Waals surface area contributed by atoms with E-state index in [1.807, 2.05) is 30.0 Å². The molecule has 0 saturated carbocycles. The van der Waals surface area contributed by atoms with Crippen LogP contribution in [0.3, 0.4) is 0 Å². The van der Waals surface area contributed by atoms with Crippen molar-refractivity contribution in [3.05, 3.63) is 59.1 Å². The van der Waals surface area contributed by atoms with Gasteiger partial charge in [0.2, 0.25) is 0 Å². The Labute approximate surface area is 173 Å². The summed E-state index contributed by atoms with van der Waals surface area (Å²) in [5.74, 6) is 0.657. The summed E-state index contributed by atoms with van der Waals surface area (Å²) in [4.78, 5) is 33.0. The molecule has 1 unspecified atom stereocenters. The lowest BCUT2D eigenvalue weighted by molar-refractivity contribution is 0.0450. The number of aliphatic hydroxyl groups is 1. The first-order valence-electron chi connectivity index (χ1n) is 9.82. The predicted octanol–water partition coefficient (Wildman–Crippen LogP) is 3.14. The molecule has 3 aromatic heterocycles. The van der Waals surface area contributed by atoms with E-state index in [0.29, 0.717) is 40.9 Å². The van der Waals surface area contributed by atoms with Crippen molar-refractivity contribution < 1.29 is 9.90 Å². The van der Waals surface area contributed by atoms with Crippen LogP contribution in [0.25, 0.3) is 10.8 Å². The standard InChI is InChI=1S/C21H23N5O2S/c1-2-15-18(29-20(25-15)19-23-10-5-11-24-19)21(28)26-12-7-14(8-13-26)17(27)16-6-3-4-9-22-16/h3-6,9-11,14,17,27H,2,7-8,12-13H2,1H3. The lowest BCUT2D eigenvalue weighted by Gasteiger charge is -2.34. The average Bonchev–Trinajstić information content (AvgIpc) is 3.24. The van der Waals surface area contributed by atoms with Crippen LogP contribution in [0.5, 0.6) is 0 Å². The number of aryl methyl sites for hydroxylation is 1. The van der Waals surface area contributed by atoms with Gasteiger partial charge in [-0.15, -0.1) is 11.3 Å². The largest absolute Gasteiger partial charge is 0.387 e. The van der Waals surface area contributed by atoms with Crippen LogP contribution in [0, 0.1) is 5.92 Å².